The van der Waals surface area contributed by atoms with Gasteiger partial charge in [0.1, 0.15) is 0 Å². The van der Waals surface area contributed by atoms with Gasteiger partial charge in [0, 0.05) is 12.0 Å². The average Bonchev–Trinajstić information content (AvgIpc) is 2.50. The van der Waals surface area contributed by atoms with Crippen molar-refractivity contribution in [1.29, 1.82) is 0 Å². The van der Waals surface area contributed by atoms with Crippen molar-refractivity contribution in [3.05, 3.63) is 35.4 Å². The second kappa shape index (κ2) is 4.40. The molecule has 0 fully saturated rings. The Kier molecular flexibility index (Phi) is 3.20. The lowest BCUT2D eigenvalue weighted by molar-refractivity contribution is -0.122. The maximum atomic E-state index is 11.1. The van der Waals surface area contributed by atoms with Crippen LogP contribution in [0.4, 0.5) is 0 Å². The number of benzene rings is 1. The van der Waals surface area contributed by atoms with Gasteiger partial charge in [-0.1, -0.05) is 24.3 Å². The molecule has 0 radical (unpaired) electrons. The van der Waals surface area contributed by atoms with E-state index in [2.05, 4.69) is 0 Å². The van der Waals surface area contributed by atoms with Crippen LogP contribution in [0.3, 0.4) is 0 Å². The average molecular weight is 178 g/mol. The van der Waals surface area contributed by atoms with Crippen LogP contribution in [0.5, 0.6) is 0 Å². The van der Waals surface area contributed by atoms with Crippen molar-refractivity contribution in [3.8, 4) is 0 Å². The number of rotatable bonds is 0. The fraction of sp³-hybridized carbons (Fsp3) is 0.200. The van der Waals surface area contributed by atoms with Crippen LogP contribution in [0.15, 0.2) is 24.3 Å². The van der Waals surface area contributed by atoms with Crippen molar-refractivity contribution in [2.24, 2.45) is 0 Å². The van der Waals surface area contributed by atoms with E-state index >= 15 is 0 Å². The molecule has 0 spiro atoms. The molecule has 68 valence electrons. The quantitative estimate of drug-likeness (QED) is 0.613. The summed E-state index contributed by atoms with van der Waals surface area (Å²) in [6.45, 7) is -0.250. The zero-order valence-electron chi connectivity index (χ0n) is 7.06. The summed E-state index contributed by atoms with van der Waals surface area (Å²) in [6.07, 6.45) is 1.65. The molecule has 1 N–H and O–H groups in total. The molecule has 13 heavy (non-hydrogen) atoms. The van der Waals surface area contributed by atoms with Gasteiger partial charge in [0.05, 0.1) is 0 Å². The highest BCUT2D eigenvalue weighted by Gasteiger charge is 2.17. The lowest BCUT2D eigenvalue weighted by Crippen LogP contribution is -1.88. The third-order valence-corrected chi connectivity index (χ3v) is 1.94. The number of hydrogen-bond donors (Lipinski definition) is 1. The van der Waals surface area contributed by atoms with E-state index in [1.165, 1.54) is 5.56 Å². The number of aryl methyl sites for hydroxylation is 1. The third-order valence-electron chi connectivity index (χ3n) is 1.94. The van der Waals surface area contributed by atoms with Gasteiger partial charge in [-0.25, -0.2) is 0 Å². The van der Waals surface area contributed by atoms with Gasteiger partial charge in [0.2, 0.25) is 0 Å². The predicted molar refractivity (Wildman–Crippen MR) is 47.8 cm³/mol. The summed E-state index contributed by atoms with van der Waals surface area (Å²) in [6, 6.07) is 7.84. The summed E-state index contributed by atoms with van der Waals surface area (Å²) >= 11 is 0. The van der Waals surface area contributed by atoms with E-state index in [4.69, 9.17) is 9.90 Å². The SMILES string of the molecule is O=C1CCc2ccccc21.O=CO. The second-order valence-electron chi connectivity index (χ2n) is 2.69. The molecule has 0 heterocycles. The van der Waals surface area contributed by atoms with Crippen LogP contribution < -0.4 is 0 Å². The van der Waals surface area contributed by atoms with Gasteiger partial charge in [-0.05, 0) is 12.0 Å². The molecule has 1 aliphatic rings. The van der Waals surface area contributed by atoms with E-state index in [9.17, 15) is 4.79 Å². The Balaban J connectivity index is 0.000000251. The molecular weight excluding hydrogens is 168 g/mol. The van der Waals surface area contributed by atoms with E-state index < -0.39 is 0 Å². The number of fused-ring (bicyclic) bond motifs is 1. The molecule has 0 amide bonds. The van der Waals surface area contributed by atoms with Crippen molar-refractivity contribution >= 4 is 12.3 Å². The Bertz CT molecular complexity index is 318. The van der Waals surface area contributed by atoms with E-state index in [0.717, 1.165) is 12.0 Å². The second-order valence-corrected chi connectivity index (χ2v) is 2.69. The van der Waals surface area contributed by atoms with Crippen molar-refractivity contribution in [2.75, 3.05) is 0 Å². The number of ketones is 1. The van der Waals surface area contributed by atoms with Crippen LogP contribution in [0.1, 0.15) is 22.3 Å². The molecule has 0 saturated carbocycles. The Labute approximate surface area is 76.0 Å². The molecule has 0 bridgehead atoms. The maximum absolute atomic E-state index is 11.1. The summed E-state index contributed by atoms with van der Waals surface area (Å²) in [5.41, 5.74) is 2.15. The molecule has 1 aromatic rings. The number of carbonyl (C=O) groups is 2. The Hall–Kier alpha value is -1.64. The number of hydrogen-bond acceptors (Lipinski definition) is 2. The normalized spacial score (nSPS) is 12.8. The molecule has 1 aliphatic carbocycles. The van der Waals surface area contributed by atoms with Gasteiger partial charge in [-0.15, -0.1) is 0 Å². The number of Topliss-reactive ketones (excluding diaryl/α,β-unsaturated/α-hetero) is 1. The first-order valence-corrected chi connectivity index (χ1v) is 3.98. The van der Waals surface area contributed by atoms with Crippen molar-refractivity contribution in [2.45, 2.75) is 12.8 Å². The highest BCUT2D eigenvalue weighted by Crippen LogP contribution is 2.20. The molecule has 3 heteroatoms. The third kappa shape index (κ3) is 2.15. The molecule has 1 aromatic carbocycles. The minimum Gasteiger partial charge on any atom is -0.483 e. The Morgan fingerprint density at radius 3 is 2.46 bits per heavy atom. The first kappa shape index (κ1) is 9.45. The monoisotopic (exact) mass is 178 g/mol. The van der Waals surface area contributed by atoms with Crippen molar-refractivity contribution < 1.29 is 14.7 Å². The molecule has 0 unspecified atom stereocenters. The highest BCUT2D eigenvalue weighted by molar-refractivity contribution is 6.00. The summed E-state index contributed by atoms with van der Waals surface area (Å²) in [4.78, 5) is 19.4. The first-order chi connectivity index (χ1) is 6.29. The van der Waals surface area contributed by atoms with Gasteiger partial charge in [0.15, 0.2) is 5.78 Å². The fourth-order valence-electron chi connectivity index (χ4n) is 1.39. The minimum atomic E-state index is -0.250. The molecule has 0 atom stereocenters. The highest BCUT2D eigenvalue weighted by atomic mass is 16.3. The van der Waals surface area contributed by atoms with Crippen molar-refractivity contribution in [3.63, 3.8) is 0 Å². The summed E-state index contributed by atoms with van der Waals surface area (Å²) in [5, 5.41) is 6.89. The van der Waals surface area contributed by atoms with E-state index in [1.807, 2.05) is 24.3 Å². The molecule has 0 aromatic heterocycles. The zero-order chi connectivity index (χ0) is 9.68. The van der Waals surface area contributed by atoms with E-state index in [0.29, 0.717) is 12.2 Å². The van der Waals surface area contributed by atoms with Crippen LogP contribution in [0, 0.1) is 0 Å². The van der Waals surface area contributed by atoms with Crippen LogP contribution in [-0.4, -0.2) is 17.4 Å². The molecule has 0 aliphatic heterocycles. The predicted octanol–water partition coefficient (Wildman–Crippen LogP) is 1.52. The number of carboxylic acid groups (broad SMARTS) is 1. The summed E-state index contributed by atoms with van der Waals surface area (Å²) in [7, 11) is 0. The topological polar surface area (TPSA) is 54.4 Å². The van der Waals surface area contributed by atoms with Gasteiger partial charge in [0.25, 0.3) is 6.47 Å². The van der Waals surface area contributed by atoms with Crippen LogP contribution >= 0.6 is 0 Å². The lowest BCUT2D eigenvalue weighted by atomic mass is 10.1. The summed E-state index contributed by atoms with van der Waals surface area (Å²) < 4.78 is 0. The van der Waals surface area contributed by atoms with Crippen LogP contribution in [0.25, 0.3) is 0 Å². The minimum absolute atomic E-state index is 0.250. The lowest BCUT2D eigenvalue weighted by Gasteiger charge is -1.92. The smallest absolute Gasteiger partial charge is 0.290 e. The molecule has 3 nitrogen and oxygen atoms in total. The molecular formula is C10H10O3. The van der Waals surface area contributed by atoms with Crippen LogP contribution in [-0.2, 0) is 11.2 Å². The maximum Gasteiger partial charge on any atom is 0.290 e. The Morgan fingerprint density at radius 2 is 1.85 bits per heavy atom. The Morgan fingerprint density at radius 1 is 1.23 bits per heavy atom. The van der Waals surface area contributed by atoms with Gasteiger partial charge in [-0.3, -0.25) is 9.59 Å². The van der Waals surface area contributed by atoms with Gasteiger partial charge >= 0.3 is 0 Å². The largest absolute Gasteiger partial charge is 0.483 e. The molecule has 2 rings (SSSR count). The summed E-state index contributed by atoms with van der Waals surface area (Å²) in [5.74, 6) is 0.301. The zero-order valence-corrected chi connectivity index (χ0v) is 7.06. The van der Waals surface area contributed by atoms with E-state index in [-0.39, 0.29) is 6.47 Å². The number of carbonyl (C=O) groups excluding carboxylic acids is 1. The standard InChI is InChI=1S/C9H8O.CH2O2/c10-9-6-5-7-3-1-2-4-8(7)9;2-1-3/h1-4H,5-6H2;1H,(H,2,3). The van der Waals surface area contributed by atoms with Crippen LogP contribution in [0.2, 0.25) is 0 Å². The first-order valence-electron chi connectivity index (χ1n) is 3.98. The van der Waals surface area contributed by atoms with Crippen molar-refractivity contribution in [1.82, 2.24) is 0 Å². The van der Waals surface area contributed by atoms with Gasteiger partial charge < -0.3 is 5.11 Å². The van der Waals surface area contributed by atoms with E-state index in [1.54, 1.807) is 0 Å². The van der Waals surface area contributed by atoms with Gasteiger partial charge in [-0.2, -0.15) is 0 Å². The fourth-order valence-corrected chi connectivity index (χ4v) is 1.39. The molecule has 0 saturated heterocycles.